The summed E-state index contributed by atoms with van der Waals surface area (Å²) in [7, 11) is -3.44. The first-order valence-electron chi connectivity index (χ1n) is 12.5. The van der Waals surface area contributed by atoms with Gasteiger partial charge in [0.2, 0.25) is 5.91 Å². The summed E-state index contributed by atoms with van der Waals surface area (Å²) < 4.78 is 44.7. The lowest BCUT2D eigenvalue weighted by atomic mass is 9.51. The third-order valence-corrected chi connectivity index (χ3v) is 11.0. The molecule has 0 radical (unpaired) electrons. The van der Waals surface area contributed by atoms with E-state index in [-0.39, 0.29) is 47.1 Å². The van der Waals surface area contributed by atoms with Crippen LogP contribution in [0.4, 0.5) is 4.39 Å². The van der Waals surface area contributed by atoms with Crippen molar-refractivity contribution >= 4 is 15.7 Å². The van der Waals surface area contributed by atoms with Crippen molar-refractivity contribution in [2.45, 2.75) is 74.6 Å². The third-order valence-electron chi connectivity index (χ3n) is 9.00. The van der Waals surface area contributed by atoms with Gasteiger partial charge in [0, 0.05) is 23.6 Å². The summed E-state index contributed by atoms with van der Waals surface area (Å²) in [4.78, 5) is 12.8. The highest BCUT2D eigenvalue weighted by Crippen LogP contribution is 2.67. The normalized spacial score (nSPS) is 30.1. The molecule has 0 aromatic heterocycles. The third kappa shape index (κ3) is 4.39. The molecule has 3 N–H and O–H groups in total. The zero-order chi connectivity index (χ0) is 24.0. The molecule has 5 saturated carbocycles. The lowest BCUT2D eigenvalue weighted by Gasteiger charge is -2.57. The fourth-order valence-electron chi connectivity index (χ4n) is 6.33. The van der Waals surface area contributed by atoms with E-state index in [9.17, 15) is 17.6 Å². The van der Waals surface area contributed by atoms with Crippen molar-refractivity contribution in [2.24, 2.45) is 22.5 Å². The van der Waals surface area contributed by atoms with E-state index < -0.39 is 9.84 Å². The Balaban J connectivity index is 1.21. The van der Waals surface area contributed by atoms with E-state index in [0.717, 1.165) is 64.2 Å². The van der Waals surface area contributed by atoms with Gasteiger partial charge in [-0.05, 0) is 99.3 Å². The number of nitrogens with one attached hydrogen (secondary N) is 1. The van der Waals surface area contributed by atoms with E-state index in [2.05, 4.69) is 5.32 Å². The van der Waals surface area contributed by atoms with Crippen molar-refractivity contribution in [3.63, 3.8) is 0 Å². The predicted octanol–water partition coefficient (Wildman–Crippen LogP) is 4.05. The van der Waals surface area contributed by atoms with E-state index in [0.29, 0.717) is 22.5 Å². The van der Waals surface area contributed by atoms with Gasteiger partial charge in [-0.3, -0.25) is 4.79 Å². The van der Waals surface area contributed by atoms with Gasteiger partial charge in [-0.15, -0.1) is 0 Å². The zero-order valence-electron chi connectivity index (χ0n) is 19.7. The van der Waals surface area contributed by atoms with Crippen LogP contribution in [0.25, 0.3) is 0 Å². The average Bonchev–Trinajstić information content (AvgIpc) is 3.75. The molecule has 0 saturated heterocycles. The fourth-order valence-corrected chi connectivity index (χ4v) is 8.29. The van der Waals surface area contributed by atoms with E-state index in [1.165, 1.54) is 0 Å². The molecule has 2 bridgehead atoms. The highest BCUT2D eigenvalue weighted by molar-refractivity contribution is 7.91. The Bertz CT molecular complexity index is 1050. The topological polar surface area (TPSA) is 98.5 Å². The molecular formula is C26H35FN2O4S. The first kappa shape index (κ1) is 23.8. The number of fused-ring (bicyclic) bond motifs is 3. The van der Waals surface area contributed by atoms with Gasteiger partial charge >= 0.3 is 0 Å². The molecule has 5 fully saturated rings. The molecule has 1 aromatic rings. The molecule has 0 atom stereocenters. The summed E-state index contributed by atoms with van der Waals surface area (Å²) in [5.74, 6) is 1.11. The number of amides is 1. The van der Waals surface area contributed by atoms with Crippen molar-refractivity contribution in [1.82, 2.24) is 5.32 Å². The first-order chi connectivity index (χ1) is 16.2. The van der Waals surface area contributed by atoms with Gasteiger partial charge < -0.3 is 15.8 Å². The van der Waals surface area contributed by atoms with Crippen LogP contribution in [0.15, 0.2) is 41.1 Å². The van der Waals surface area contributed by atoms with Crippen LogP contribution in [0.3, 0.4) is 0 Å². The maximum atomic E-state index is 13.3. The number of hydrogen-bond donors (Lipinski definition) is 2. The monoisotopic (exact) mass is 490 g/mol. The minimum absolute atomic E-state index is 0.0327. The van der Waals surface area contributed by atoms with E-state index in [1.54, 1.807) is 24.3 Å². The Hall–Kier alpha value is -1.93. The maximum Gasteiger partial charge on any atom is 0.223 e. The number of nitrogens with two attached hydrogens (primary N) is 1. The van der Waals surface area contributed by atoms with Gasteiger partial charge in [0.05, 0.1) is 17.0 Å². The number of sulfone groups is 1. The molecule has 5 aliphatic carbocycles. The van der Waals surface area contributed by atoms with Crippen molar-refractivity contribution in [2.75, 3.05) is 18.9 Å². The summed E-state index contributed by atoms with van der Waals surface area (Å²) >= 11 is 0. The lowest BCUT2D eigenvalue weighted by Crippen LogP contribution is -2.57. The Morgan fingerprint density at radius 1 is 1.06 bits per heavy atom. The molecule has 5 aliphatic rings. The zero-order valence-corrected chi connectivity index (χ0v) is 20.5. The number of halogens is 1. The average molecular weight is 491 g/mol. The highest BCUT2D eigenvalue weighted by atomic mass is 32.2. The van der Waals surface area contributed by atoms with Crippen LogP contribution in [-0.4, -0.2) is 38.8 Å². The van der Waals surface area contributed by atoms with Crippen LogP contribution in [0.2, 0.25) is 0 Å². The SMILES string of the molecule is NC/C(=C\F)COc1ccc(S(=O)(=O)CC23CCC(C4(NC(=O)C5CC5)CC4)(CC2)CC3)cc1. The van der Waals surface area contributed by atoms with Gasteiger partial charge in [-0.25, -0.2) is 12.8 Å². The smallest absolute Gasteiger partial charge is 0.223 e. The predicted molar refractivity (Wildman–Crippen MR) is 128 cm³/mol. The summed E-state index contributed by atoms with van der Waals surface area (Å²) in [5.41, 5.74) is 5.71. The second-order valence-electron chi connectivity index (χ2n) is 11.1. The van der Waals surface area contributed by atoms with Crippen molar-refractivity contribution in [3.8, 4) is 5.75 Å². The van der Waals surface area contributed by atoms with Crippen LogP contribution in [0, 0.1) is 16.7 Å². The number of carbonyl (C=O) groups is 1. The molecule has 0 unspecified atom stereocenters. The Morgan fingerprint density at radius 2 is 1.68 bits per heavy atom. The number of hydrogen-bond acceptors (Lipinski definition) is 5. The van der Waals surface area contributed by atoms with Crippen LogP contribution in [0.5, 0.6) is 5.75 Å². The molecule has 0 aliphatic heterocycles. The minimum Gasteiger partial charge on any atom is -0.489 e. The molecule has 6 rings (SSSR count). The Kier molecular flexibility index (Phi) is 6.04. The standard InChI is InChI=1S/C26H35FN2O4S/c27-15-19(16-28)17-33-21-3-5-22(6-4-21)34(31,32)18-24-7-10-25(11-8-24,12-9-24)26(13-14-26)29-23(30)20-1-2-20/h3-6,15,20H,1-2,7-14,16-18,28H2,(H,29,30)/b19-15+. The summed E-state index contributed by atoms with van der Waals surface area (Å²) in [5, 5.41) is 3.43. The highest BCUT2D eigenvalue weighted by Gasteiger charge is 2.64. The summed E-state index contributed by atoms with van der Waals surface area (Å²) in [6.45, 7) is 0.104. The summed E-state index contributed by atoms with van der Waals surface area (Å²) in [6.07, 6.45) is 10.4. The molecule has 0 spiro atoms. The molecule has 34 heavy (non-hydrogen) atoms. The van der Waals surface area contributed by atoms with Crippen LogP contribution in [-0.2, 0) is 14.6 Å². The fraction of sp³-hybridized carbons (Fsp3) is 0.654. The maximum absolute atomic E-state index is 13.3. The minimum atomic E-state index is -3.44. The second kappa shape index (κ2) is 8.63. The molecular weight excluding hydrogens is 455 g/mol. The van der Waals surface area contributed by atoms with E-state index in [4.69, 9.17) is 10.5 Å². The van der Waals surface area contributed by atoms with Crippen LogP contribution >= 0.6 is 0 Å². The Labute approximate surface area is 201 Å². The molecule has 186 valence electrons. The molecule has 8 heteroatoms. The quantitative estimate of drug-likeness (QED) is 0.516. The second-order valence-corrected chi connectivity index (χ2v) is 13.1. The van der Waals surface area contributed by atoms with Crippen LogP contribution < -0.4 is 15.8 Å². The van der Waals surface area contributed by atoms with Gasteiger partial charge in [-0.1, -0.05) is 0 Å². The van der Waals surface area contributed by atoms with E-state index >= 15 is 0 Å². The molecule has 1 amide bonds. The van der Waals surface area contributed by atoms with Crippen molar-refractivity contribution in [3.05, 3.63) is 36.2 Å². The molecule has 0 heterocycles. The Morgan fingerprint density at radius 3 is 2.18 bits per heavy atom. The lowest BCUT2D eigenvalue weighted by molar-refractivity contribution is -0.126. The number of rotatable bonds is 10. The summed E-state index contributed by atoms with van der Waals surface area (Å²) in [6, 6.07) is 6.38. The number of carbonyl (C=O) groups excluding carboxylic acids is 1. The van der Waals surface area contributed by atoms with Gasteiger partial charge in [-0.2, -0.15) is 0 Å². The van der Waals surface area contributed by atoms with Gasteiger partial charge in [0.1, 0.15) is 12.4 Å². The van der Waals surface area contributed by atoms with E-state index in [1.807, 2.05) is 0 Å². The number of ether oxygens (including phenoxy) is 1. The van der Waals surface area contributed by atoms with Gasteiger partial charge in [0.15, 0.2) is 9.84 Å². The number of benzene rings is 1. The van der Waals surface area contributed by atoms with Crippen molar-refractivity contribution in [1.29, 1.82) is 0 Å². The van der Waals surface area contributed by atoms with Gasteiger partial charge in [0.25, 0.3) is 0 Å². The van der Waals surface area contributed by atoms with Crippen molar-refractivity contribution < 1.29 is 22.3 Å². The largest absolute Gasteiger partial charge is 0.489 e. The van der Waals surface area contributed by atoms with Crippen LogP contribution in [0.1, 0.15) is 64.2 Å². The first-order valence-corrected chi connectivity index (χ1v) is 14.2. The molecule has 6 nitrogen and oxygen atoms in total. The molecule has 1 aromatic carbocycles.